The maximum Gasteiger partial charge on any atom is 0.109 e. The van der Waals surface area contributed by atoms with Crippen LogP contribution >= 0.6 is 11.3 Å². The van der Waals surface area contributed by atoms with E-state index in [1.807, 2.05) is 22.5 Å². The zero-order chi connectivity index (χ0) is 11.4. The third-order valence-electron chi connectivity index (χ3n) is 2.44. The summed E-state index contributed by atoms with van der Waals surface area (Å²) >= 11 is 1.68. The topological polar surface area (TPSA) is 42.7 Å². The van der Waals surface area contributed by atoms with E-state index in [2.05, 4.69) is 35.4 Å². The van der Waals surface area contributed by atoms with E-state index in [-0.39, 0.29) is 0 Å². The lowest BCUT2D eigenvalue weighted by Gasteiger charge is -2.09. The Morgan fingerprint density at radius 2 is 2.44 bits per heavy atom. The second-order valence-electron chi connectivity index (χ2n) is 3.68. The van der Waals surface area contributed by atoms with Crippen molar-refractivity contribution in [2.24, 2.45) is 0 Å². The van der Waals surface area contributed by atoms with Gasteiger partial charge in [-0.15, -0.1) is 11.3 Å². The highest BCUT2D eigenvalue weighted by Gasteiger charge is 2.07. The summed E-state index contributed by atoms with van der Waals surface area (Å²) in [5.41, 5.74) is 1.21. The first-order valence-electron chi connectivity index (χ1n) is 5.43. The van der Waals surface area contributed by atoms with Gasteiger partial charge in [0.05, 0.1) is 12.2 Å². The van der Waals surface area contributed by atoms with Gasteiger partial charge >= 0.3 is 0 Å². The van der Waals surface area contributed by atoms with Crippen molar-refractivity contribution in [1.82, 2.24) is 20.1 Å². The summed E-state index contributed by atoms with van der Waals surface area (Å²) in [7, 11) is 0. The number of nitrogens with one attached hydrogen (secondary N) is 1. The Hall–Kier alpha value is -1.20. The average Bonchev–Trinajstić information content (AvgIpc) is 2.96. The molecule has 4 nitrogen and oxygen atoms in total. The number of hydrogen-bond acceptors (Lipinski definition) is 4. The van der Waals surface area contributed by atoms with Crippen LogP contribution in [0.2, 0.25) is 0 Å². The molecule has 0 spiro atoms. The number of thiazole rings is 1. The Morgan fingerprint density at radius 1 is 1.56 bits per heavy atom. The van der Waals surface area contributed by atoms with Crippen LogP contribution in [0.15, 0.2) is 24.0 Å². The summed E-state index contributed by atoms with van der Waals surface area (Å²) in [6.07, 6.45) is 5.82. The molecule has 5 heteroatoms. The first-order valence-corrected chi connectivity index (χ1v) is 6.31. The molecule has 1 atom stereocenters. The standard InChI is InChI=1S/C11H16N4S/c1-3-15-8-10(7-14-15)6-13-9(2)11-12-4-5-16-11/h4-5,7-9,13H,3,6H2,1-2H3. The van der Waals surface area contributed by atoms with Crippen molar-refractivity contribution in [2.45, 2.75) is 33.0 Å². The summed E-state index contributed by atoms with van der Waals surface area (Å²) in [5, 5.41) is 10.8. The molecular weight excluding hydrogens is 220 g/mol. The summed E-state index contributed by atoms with van der Waals surface area (Å²) in [6, 6.07) is 0.296. The number of aryl methyl sites for hydroxylation is 1. The van der Waals surface area contributed by atoms with E-state index in [0.29, 0.717) is 6.04 Å². The van der Waals surface area contributed by atoms with Gasteiger partial charge in [-0.25, -0.2) is 4.98 Å². The number of aromatic nitrogens is 3. The maximum absolute atomic E-state index is 4.29. The molecule has 0 aliphatic heterocycles. The quantitative estimate of drug-likeness (QED) is 0.865. The Kier molecular flexibility index (Phi) is 3.69. The van der Waals surface area contributed by atoms with E-state index >= 15 is 0 Å². The second kappa shape index (κ2) is 5.23. The summed E-state index contributed by atoms with van der Waals surface area (Å²) in [4.78, 5) is 4.29. The van der Waals surface area contributed by atoms with E-state index in [1.54, 1.807) is 11.3 Å². The molecule has 0 amide bonds. The molecule has 0 bridgehead atoms. The van der Waals surface area contributed by atoms with Crippen molar-refractivity contribution in [3.8, 4) is 0 Å². The van der Waals surface area contributed by atoms with E-state index in [1.165, 1.54) is 5.56 Å². The fourth-order valence-electron chi connectivity index (χ4n) is 1.48. The molecule has 86 valence electrons. The second-order valence-corrected chi connectivity index (χ2v) is 4.60. The van der Waals surface area contributed by atoms with Crippen molar-refractivity contribution in [1.29, 1.82) is 0 Å². The van der Waals surface area contributed by atoms with Crippen LogP contribution < -0.4 is 5.32 Å². The van der Waals surface area contributed by atoms with Gasteiger partial charge in [0.25, 0.3) is 0 Å². The number of hydrogen-bond donors (Lipinski definition) is 1. The minimum absolute atomic E-state index is 0.296. The monoisotopic (exact) mass is 236 g/mol. The molecule has 2 aromatic heterocycles. The molecule has 1 unspecified atom stereocenters. The van der Waals surface area contributed by atoms with Gasteiger partial charge < -0.3 is 5.32 Å². The van der Waals surface area contributed by atoms with Crippen LogP contribution in [-0.4, -0.2) is 14.8 Å². The van der Waals surface area contributed by atoms with Crippen molar-refractivity contribution in [3.05, 3.63) is 34.5 Å². The molecule has 0 saturated carbocycles. The minimum atomic E-state index is 0.296. The van der Waals surface area contributed by atoms with E-state index in [0.717, 1.165) is 18.1 Å². The summed E-state index contributed by atoms with van der Waals surface area (Å²) < 4.78 is 1.94. The van der Waals surface area contributed by atoms with E-state index < -0.39 is 0 Å². The zero-order valence-electron chi connectivity index (χ0n) is 9.55. The number of rotatable bonds is 5. The molecule has 0 aliphatic carbocycles. The molecule has 2 rings (SSSR count). The van der Waals surface area contributed by atoms with Crippen LogP contribution in [0.3, 0.4) is 0 Å². The Balaban J connectivity index is 1.87. The Bertz CT molecular complexity index is 421. The molecule has 2 aromatic rings. The smallest absolute Gasteiger partial charge is 0.109 e. The zero-order valence-corrected chi connectivity index (χ0v) is 10.4. The highest BCUT2D eigenvalue weighted by Crippen LogP contribution is 2.15. The lowest BCUT2D eigenvalue weighted by atomic mass is 10.3. The van der Waals surface area contributed by atoms with Gasteiger partial charge in [-0.2, -0.15) is 5.10 Å². The van der Waals surface area contributed by atoms with Crippen molar-refractivity contribution in [3.63, 3.8) is 0 Å². The highest BCUT2D eigenvalue weighted by atomic mass is 32.1. The lowest BCUT2D eigenvalue weighted by molar-refractivity contribution is 0.571. The molecular formula is C11H16N4S. The first-order chi connectivity index (χ1) is 7.79. The third kappa shape index (κ3) is 2.68. The first kappa shape index (κ1) is 11.3. The molecule has 1 N–H and O–H groups in total. The number of nitrogens with zero attached hydrogens (tertiary/aromatic N) is 3. The van der Waals surface area contributed by atoms with Gasteiger partial charge in [0, 0.05) is 36.4 Å². The predicted molar refractivity (Wildman–Crippen MR) is 65.3 cm³/mol. The van der Waals surface area contributed by atoms with Gasteiger partial charge in [0.1, 0.15) is 5.01 Å². The van der Waals surface area contributed by atoms with Crippen LogP contribution in [0.1, 0.15) is 30.5 Å². The van der Waals surface area contributed by atoms with Gasteiger partial charge in [-0.05, 0) is 13.8 Å². The summed E-state index contributed by atoms with van der Waals surface area (Å²) in [5.74, 6) is 0. The largest absolute Gasteiger partial charge is 0.304 e. The van der Waals surface area contributed by atoms with Gasteiger partial charge in [-0.3, -0.25) is 4.68 Å². The van der Waals surface area contributed by atoms with Crippen LogP contribution in [0.25, 0.3) is 0 Å². The Morgan fingerprint density at radius 3 is 3.06 bits per heavy atom. The fraction of sp³-hybridized carbons (Fsp3) is 0.455. The molecule has 0 aromatic carbocycles. The Labute approximate surface area is 99.3 Å². The average molecular weight is 236 g/mol. The third-order valence-corrected chi connectivity index (χ3v) is 3.40. The van der Waals surface area contributed by atoms with E-state index in [9.17, 15) is 0 Å². The molecule has 0 radical (unpaired) electrons. The summed E-state index contributed by atoms with van der Waals surface area (Å²) in [6.45, 7) is 5.97. The van der Waals surface area contributed by atoms with Gasteiger partial charge in [0.15, 0.2) is 0 Å². The van der Waals surface area contributed by atoms with E-state index in [4.69, 9.17) is 0 Å². The van der Waals surface area contributed by atoms with Crippen LogP contribution in [0.5, 0.6) is 0 Å². The van der Waals surface area contributed by atoms with Crippen molar-refractivity contribution in [2.75, 3.05) is 0 Å². The van der Waals surface area contributed by atoms with Crippen LogP contribution in [0, 0.1) is 0 Å². The molecule has 0 saturated heterocycles. The molecule has 0 fully saturated rings. The molecule has 0 aliphatic rings. The van der Waals surface area contributed by atoms with Gasteiger partial charge in [0.2, 0.25) is 0 Å². The van der Waals surface area contributed by atoms with Crippen LogP contribution in [-0.2, 0) is 13.1 Å². The van der Waals surface area contributed by atoms with Crippen LogP contribution in [0.4, 0.5) is 0 Å². The van der Waals surface area contributed by atoms with Crippen molar-refractivity contribution < 1.29 is 0 Å². The van der Waals surface area contributed by atoms with Gasteiger partial charge in [-0.1, -0.05) is 0 Å². The molecule has 16 heavy (non-hydrogen) atoms. The normalized spacial score (nSPS) is 12.9. The minimum Gasteiger partial charge on any atom is -0.304 e. The fourth-order valence-corrected chi connectivity index (χ4v) is 2.15. The SMILES string of the molecule is CCn1cc(CNC(C)c2nccs2)cn1. The lowest BCUT2D eigenvalue weighted by Crippen LogP contribution is -2.17. The highest BCUT2D eigenvalue weighted by molar-refractivity contribution is 7.09. The predicted octanol–water partition coefficient (Wildman–Crippen LogP) is 2.21. The maximum atomic E-state index is 4.29. The molecule has 2 heterocycles. The van der Waals surface area contributed by atoms with Crippen molar-refractivity contribution >= 4 is 11.3 Å².